The number of carbonyl (C=O) groups excluding carboxylic acids is 1. The Morgan fingerprint density at radius 2 is 2.00 bits per heavy atom. The van der Waals surface area contributed by atoms with Gasteiger partial charge in [-0.2, -0.15) is 5.26 Å². The number of nitrogens with one attached hydrogen (secondary N) is 1. The number of hydrogen-bond acceptors (Lipinski definition) is 5. The van der Waals surface area contributed by atoms with Crippen molar-refractivity contribution in [3.63, 3.8) is 0 Å². The normalized spacial score (nSPS) is 14.4. The van der Waals surface area contributed by atoms with Gasteiger partial charge in [-0.25, -0.2) is 8.42 Å². The molecule has 0 saturated heterocycles. The van der Waals surface area contributed by atoms with Crippen molar-refractivity contribution in [1.82, 2.24) is 4.72 Å². The van der Waals surface area contributed by atoms with Crippen molar-refractivity contribution in [3.05, 3.63) is 35.4 Å². The molecule has 1 saturated carbocycles. The van der Waals surface area contributed by atoms with Gasteiger partial charge in [0.25, 0.3) is 5.91 Å². The highest BCUT2D eigenvalue weighted by atomic mass is 32.2. The summed E-state index contributed by atoms with van der Waals surface area (Å²) in [6.07, 6.45) is 2.22. The van der Waals surface area contributed by atoms with Crippen LogP contribution in [-0.2, 0) is 25.3 Å². The summed E-state index contributed by atoms with van der Waals surface area (Å²) in [6.45, 7) is 0.256. The molecular formula is C14H16N2O4S. The minimum absolute atomic E-state index is 0.247. The van der Waals surface area contributed by atoms with Gasteiger partial charge in [0.2, 0.25) is 10.0 Å². The van der Waals surface area contributed by atoms with Crippen LogP contribution in [0.25, 0.3) is 0 Å². The van der Waals surface area contributed by atoms with E-state index in [0.717, 1.165) is 12.8 Å². The molecule has 0 aromatic heterocycles. The molecule has 1 amide bonds. The Balaban J connectivity index is 1.82. The standard InChI is InChI=1S/C14H16N2O4S/c15-7-11-1-5-13(6-2-11)10-21(18,19)16-14(17)9-20-8-12-3-4-12/h1-2,5-6,12H,3-4,8-10H2,(H,16,17). The Bertz CT molecular complexity index is 643. The lowest BCUT2D eigenvalue weighted by molar-refractivity contribution is -0.124. The highest BCUT2D eigenvalue weighted by molar-refractivity contribution is 7.89. The molecule has 0 heterocycles. The van der Waals surface area contributed by atoms with Crippen LogP contribution in [0.1, 0.15) is 24.0 Å². The molecule has 1 fully saturated rings. The summed E-state index contributed by atoms with van der Waals surface area (Å²) in [5.41, 5.74) is 0.960. The van der Waals surface area contributed by atoms with Gasteiger partial charge in [-0.1, -0.05) is 12.1 Å². The first-order valence-corrected chi connectivity index (χ1v) is 8.24. The summed E-state index contributed by atoms with van der Waals surface area (Å²) in [7, 11) is -3.75. The Morgan fingerprint density at radius 1 is 1.33 bits per heavy atom. The van der Waals surface area contributed by atoms with Gasteiger partial charge >= 0.3 is 0 Å². The van der Waals surface area contributed by atoms with Crippen molar-refractivity contribution in [2.24, 2.45) is 5.92 Å². The van der Waals surface area contributed by atoms with Crippen molar-refractivity contribution < 1.29 is 17.9 Å². The number of nitriles is 1. The second kappa shape index (κ2) is 6.70. The first-order chi connectivity index (χ1) is 9.98. The zero-order valence-corrected chi connectivity index (χ0v) is 12.2. The molecule has 1 aliphatic carbocycles. The number of amides is 1. The van der Waals surface area contributed by atoms with E-state index in [-0.39, 0.29) is 12.4 Å². The number of sulfonamides is 1. The molecule has 0 unspecified atom stereocenters. The molecule has 0 bridgehead atoms. The first-order valence-electron chi connectivity index (χ1n) is 6.58. The van der Waals surface area contributed by atoms with E-state index in [9.17, 15) is 13.2 Å². The van der Waals surface area contributed by atoms with Crippen LogP contribution in [0.2, 0.25) is 0 Å². The highest BCUT2D eigenvalue weighted by Crippen LogP contribution is 2.28. The summed E-state index contributed by atoms with van der Waals surface area (Å²) >= 11 is 0. The second-order valence-corrected chi connectivity index (χ2v) is 6.77. The van der Waals surface area contributed by atoms with E-state index in [1.54, 1.807) is 12.1 Å². The largest absolute Gasteiger partial charge is 0.371 e. The molecule has 1 aliphatic rings. The van der Waals surface area contributed by atoms with E-state index in [0.29, 0.717) is 23.7 Å². The lowest BCUT2D eigenvalue weighted by Crippen LogP contribution is -2.34. The number of nitrogens with zero attached hydrogens (tertiary/aromatic N) is 1. The van der Waals surface area contributed by atoms with Gasteiger partial charge in [-0.3, -0.25) is 9.52 Å². The third-order valence-corrected chi connectivity index (χ3v) is 4.24. The van der Waals surface area contributed by atoms with E-state index in [1.807, 2.05) is 10.8 Å². The molecule has 21 heavy (non-hydrogen) atoms. The van der Waals surface area contributed by atoms with Crippen LogP contribution < -0.4 is 4.72 Å². The van der Waals surface area contributed by atoms with Crippen LogP contribution >= 0.6 is 0 Å². The van der Waals surface area contributed by atoms with Crippen molar-refractivity contribution >= 4 is 15.9 Å². The number of carbonyl (C=O) groups is 1. The minimum Gasteiger partial charge on any atom is -0.371 e. The SMILES string of the molecule is N#Cc1ccc(CS(=O)(=O)NC(=O)COCC2CC2)cc1. The molecular weight excluding hydrogens is 292 g/mol. The number of hydrogen-bond donors (Lipinski definition) is 1. The predicted molar refractivity (Wildman–Crippen MR) is 75.5 cm³/mol. The second-order valence-electron chi connectivity index (χ2n) is 5.05. The van der Waals surface area contributed by atoms with Crippen LogP contribution in [0.3, 0.4) is 0 Å². The lowest BCUT2D eigenvalue weighted by Gasteiger charge is -2.07. The van der Waals surface area contributed by atoms with E-state index in [2.05, 4.69) is 0 Å². The summed E-state index contributed by atoms with van der Waals surface area (Å²) in [5.74, 6) is -0.454. The average Bonchev–Trinajstić information content (AvgIpc) is 3.22. The molecule has 0 spiro atoms. The molecule has 6 nitrogen and oxygen atoms in total. The Morgan fingerprint density at radius 3 is 2.57 bits per heavy atom. The van der Waals surface area contributed by atoms with Crippen molar-refractivity contribution in [2.45, 2.75) is 18.6 Å². The maximum Gasteiger partial charge on any atom is 0.259 e. The van der Waals surface area contributed by atoms with E-state index >= 15 is 0 Å². The van der Waals surface area contributed by atoms with Gasteiger partial charge in [-0.05, 0) is 36.5 Å². The van der Waals surface area contributed by atoms with Gasteiger partial charge in [0.1, 0.15) is 6.61 Å². The van der Waals surface area contributed by atoms with Gasteiger partial charge in [0, 0.05) is 0 Å². The Labute approximate surface area is 123 Å². The lowest BCUT2D eigenvalue weighted by atomic mass is 10.2. The van der Waals surface area contributed by atoms with Crippen molar-refractivity contribution in [3.8, 4) is 6.07 Å². The number of ether oxygens (including phenoxy) is 1. The van der Waals surface area contributed by atoms with Gasteiger partial charge in [0.15, 0.2) is 0 Å². The van der Waals surface area contributed by atoms with Crippen molar-refractivity contribution in [1.29, 1.82) is 5.26 Å². The minimum atomic E-state index is -3.75. The van der Waals surface area contributed by atoms with E-state index in [4.69, 9.17) is 10.00 Å². The quantitative estimate of drug-likeness (QED) is 0.808. The molecule has 7 heteroatoms. The average molecular weight is 308 g/mol. The van der Waals surface area contributed by atoms with E-state index < -0.39 is 15.9 Å². The Kier molecular flexibility index (Phi) is 4.94. The van der Waals surface area contributed by atoms with Crippen LogP contribution in [0, 0.1) is 17.2 Å². The molecule has 1 N–H and O–H groups in total. The monoisotopic (exact) mass is 308 g/mol. The molecule has 0 atom stereocenters. The molecule has 2 rings (SSSR count). The summed E-state index contributed by atoms with van der Waals surface area (Å²) in [4.78, 5) is 11.5. The highest BCUT2D eigenvalue weighted by Gasteiger charge is 2.22. The third kappa shape index (κ3) is 5.53. The van der Waals surface area contributed by atoms with Crippen LogP contribution in [0.5, 0.6) is 0 Å². The topological polar surface area (TPSA) is 96.3 Å². The molecule has 0 radical (unpaired) electrons. The molecule has 1 aromatic rings. The third-order valence-electron chi connectivity index (χ3n) is 2.99. The zero-order valence-electron chi connectivity index (χ0n) is 11.4. The fourth-order valence-corrected chi connectivity index (χ4v) is 2.85. The fraction of sp³-hybridized carbons (Fsp3) is 0.429. The van der Waals surface area contributed by atoms with Gasteiger partial charge in [0.05, 0.1) is 24.0 Å². The molecule has 112 valence electrons. The maximum absolute atomic E-state index is 11.8. The van der Waals surface area contributed by atoms with Gasteiger partial charge in [-0.15, -0.1) is 0 Å². The van der Waals surface area contributed by atoms with Crippen LogP contribution in [0.4, 0.5) is 0 Å². The Hall–Kier alpha value is -1.91. The molecule has 1 aromatic carbocycles. The summed E-state index contributed by atoms with van der Waals surface area (Å²) in [6, 6.07) is 8.11. The smallest absolute Gasteiger partial charge is 0.259 e. The van der Waals surface area contributed by atoms with Gasteiger partial charge < -0.3 is 4.74 Å². The first kappa shape index (κ1) is 15.5. The maximum atomic E-state index is 11.8. The fourth-order valence-electron chi connectivity index (χ4n) is 1.74. The van der Waals surface area contributed by atoms with Crippen LogP contribution in [0.15, 0.2) is 24.3 Å². The van der Waals surface area contributed by atoms with Crippen LogP contribution in [-0.4, -0.2) is 27.5 Å². The summed E-state index contributed by atoms with van der Waals surface area (Å²) < 4.78 is 30.7. The predicted octanol–water partition coefficient (Wildman–Crippen LogP) is 0.931. The van der Waals surface area contributed by atoms with E-state index in [1.165, 1.54) is 12.1 Å². The van der Waals surface area contributed by atoms with Crippen molar-refractivity contribution in [2.75, 3.05) is 13.2 Å². The summed E-state index contributed by atoms with van der Waals surface area (Å²) in [5, 5.41) is 8.67. The molecule has 0 aliphatic heterocycles. The number of rotatable bonds is 7. The number of benzene rings is 1. The zero-order chi connectivity index (χ0) is 15.3.